The van der Waals surface area contributed by atoms with Gasteiger partial charge in [-0.2, -0.15) is 0 Å². The van der Waals surface area contributed by atoms with Crippen LogP contribution in [0.5, 0.6) is 0 Å². The first-order chi connectivity index (χ1) is 14.5. The number of rotatable bonds is 5. The van der Waals surface area contributed by atoms with Crippen molar-refractivity contribution in [2.75, 3.05) is 18.4 Å². The third-order valence-corrected chi connectivity index (χ3v) is 6.44. The molecule has 1 aliphatic heterocycles. The van der Waals surface area contributed by atoms with E-state index in [0.29, 0.717) is 46.7 Å². The molecule has 2 aromatic rings. The monoisotopic (exact) mass is 426 g/mol. The highest BCUT2D eigenvalue weighted by Crippen LogP contribution is 2.30. The van der Waals surface area contributed by atoms with Gasteiger partial charge in [0.25, 0.3) is 5.91 Å². The Bertz CT molecular complexity index is 925. The van der Waals surface area contributed by atoms with Gasteiger partial charge in [-0.15, -0.1) is 0 Å². The molecule has 0 unspecified atom stereocenters. The topological polar surface area (TPSA) is 75.2 Å². The number of likely N-dealkylation sites (tertiary alicyclic amines) is 1. The number of carbonyl (C=O) groups excluding carboxylic acids is 2. The van der Waals surface area contributed by atoms with Crippen LogP contribution in [0.2, 0.25) is 5.02 Å². The van der Waals surface area contributed by atoms with E-state index in [9.17, 15) is 9.59 Å². The number of nitrogens with one attached hydrogen (secondary N) is 1. The Hall–Kier alpha value is -2.47. The summed E-state index contributed by atoms with van der Waals surface area (Å²) < 4.78 is 0. The van der Waals surface area contributed by atoms with Gasteiger partial charge in [0.05, 0.1) is 11.3 Å². The van der Waals surface area contributed by atoms with E-state index < -0.39 is 0 Å². The molecular weight excluding hydrogens is 400 g/mol. The lowest BCUT2D eigenvalue weighted by atomic mass is 10.0. The highest BCUT2D eigenvalue weighted by Gasteiger charge is 2.31. The molecule has 2 heterocycles. The largest absolute Gasteiger partial charge is 0.342 e. The van der Waals surface area contributed by atoms with Gasteiger partial charge in [0.2, 0.25) is 5.91 Å². The van der Waals surface area contributed by atoms with Crippen molar-refractivity contribution < 1.29 is 9.59 Å². The van der Waals surface area contributed by atoms with Gasteiger partial charge in [-0.05, 0) is 56.4 Å². The van der Waals surface area contributed by atoms with Gasteiger partial charge in [0.15, 0.2) is 0 Å². The number of halogens is 1. The number of hydrogen-bond donors (Lipinski definition) is 1. The number of aryl methyl sites for hydroxylation is 1. The smallest absolute Gasteiger partial charge is 0.259 e. The third-order valence-electron chi connectivity index (χ3n) is 6.19. The molecule has 1 atom stereocenters. The Balaban J connectivity index is 1.37. The molecule has 4 rings (SSSR count). The van der Waals surface area contributed by atoms with E-state index in [1.807, 2.05) is 11.8 Å². The van der Waals surface area contributed by atoms with Crippen LogP contribution in [0.3, 0.4) is 0 Å². The van der Waals surface area contributed by atoms with E-state index in [1.165, 1.54) is 25.7 Å². The molecule has 7 heteroatoms. The zero-order valence-corrected chi connectivity index (χ0v) is 18.0. The summed E-state index contributed by atoms with van der Waals surface area (Å²) >= 11 is 5.88. The summed E-state index contributed by atoms with van der Waals surface area (Å²) in [6.07, 6.45) is 8.02. The molecular formula is C23H27ClN4O2. The minimum absolute atomic E-state index is 0.129. The molecule has 1 aromatic heterocycles. The molecule has 2 fully saturated rings. The van der Waals surface area contributed by atoms with Crippen LogP contribution in [0.1, 0.15) is 66.3 Å². The molecule has 1 N–H and O–H groups in total. The summed E-state index contributed by atoms with van der Waals surface area (Å²) in [6, 6.07) is 6.95. The lowest BCUT2D eigenvalue weighted by molar-refractivity contribution is -0.131. The average Bonchev–Trinajstić information content (AvgIpc) is 3.41. The van der Waals surface area contributed by atoms with Gasteiger partial charge in [-0.25, -0.2) is 9.97 Å². The first-order valence-corrected chi connectivity index (χ1v) is 11.1. The number of carbonyl (C=O) groups is 2. The van der Waals surface area contributed by atoms with E-state index in [2.05, 4.69) is 15.3 Å². The maximum absolute atomic E-state index is 12.6. The van der Waals surface area contributed by atoms with Gasteiger partial charge in [0.1, 0.15) is 5.82 Å². The van der Waals surface area contributed by atoms with E-state index in [0.717, 1.165) is 13.0 Å². The molecule has 1 aromatic carbocycles. The maximum atomic E-state index is 12.6. The SMILES string of the molecule is Cc1nc([C@@H]2CCN(C(=O)CC3CCCC3)C2)ncc1C(=O)Nc1ccc(Cl)cc1. The second-order valence-corrected chi connectivity index (χ2v) is 8.80. The summed E-state index contributed by atoms with van der Waals surface area (Å²) in [5.41, 5.74) is 1.75. The molecule has 158 valence electrons. The Morgan fingerprint density at radius 1 is 1.17 bits per heavy atom. The zero-order chi connectivity index (χ0) is 21.1. The first kappa shape index (κ1) is 20.8. The van der Waals surface area contributed by atoms with Gasteiger partial charge in [-0.3, -0.25) is 9.59 Å². The standard InChI is InChI=1S/C23H27ClN4O2/c1-15-20(23(30)27-19-8-6-18(24)7-9-19)13-25-22(26-15)17-10-11-28(14-17)21(29)12-16-4-2-3-5-16/h6-9,13,16-17H,2-5,10-12,14H2,1H3,(H,27,30)/t17-/m1/s1. The first-order valence-electron chi connectivity index (χ1n) is 10.7. The number of aromatic nitrogens is 2. The molecule has 2 amide bonds. The highest BCUT2D eigenvalue weighted by molar-refractivity contribution is 6.30. The van der Waals surface area contributed by atoms with Gasteiger partial charge in [-0.1, -0.05) is 24.4 Å². The lowest BCUT2D eigenvalue weighted by Crippen LogP contribution is -2.29. The van der Waals surface area contributed by atoms with Crippen LogP contribution in [-0.4, -0.2) is 39.8 Å². The second-order valence-electron chi connectivity index (χ2n) is 8.37. The van der Waals surface area contributed by atoms with Crippen LogP contribution < -0.4 is 5.32 Å². The molecule has 30 heavy (non-hydrogen) atoms. The van der Waals surface area contributed by atoms with E-state index in [4.69, 9.17) is 11.6 Å². The number of anilines is 1. The minimum atomic E-state index is -0.249. The Morgan fingerprint density at radius 2 is 1.90 bits per heavy atom. The number of benzene rings is 1. The van der Waals surface area contributed by atoms with Crippen molar-refractivity contribution in [1.29, 1.82) is 0 Å². The van der Waals surface area contributed by atoms with E-state index >= 15 is 0 Å². The molecule has 0 spiro atoms. The fraction of sp³-hybridized carbons (Fsp3) is 0.478. The Kier molecular flexibility index (Phi) is 6.32. The summed E-state index contributed by atoms with van der Waals surface area (Å²) in [6.45, 7) is 3.25. The van der Waals surface area contributed by atoms with Gasteiger partial charge >= 0.3 is 0 Å². The zero-order valence-electron chi connectivity index (χ0n) is 17.2. The van der Waals surface area contributed by atoms with Crippen LogP contribution in [0.25, 0.3) is 0 Å². The molecule has 0 radical (unpaired) electrons. The molecule has 6 nitrogen and oxygen atoms in total. The number of nitrogens with zero attached hydrogens (tertiary/aromatic N) is 3. The van der Waals surface area contributed by atoms with Crippen LogP contribution in [-0.2, 0) is 4.79 Å². The van der Waals surface area contributed by atoms with Crippen LogP contribution in [0, 0.1) is 12.8 Å². The fourth-order valence-corrected chi connectivity index (χ4v) is 4.55. The van der Waals surface area contributed by atoms with Crippen molar-refractivity contribution in [2.24, 2.45) is 5.92 Å². The van der Waals surface area contributed by atoms with Crippen molar-refractivity contribution in [3.8, 4) is 0 Å². The summed E-state index contributed by atoms with van der Waals surface area (Å²) in [5.74, 6) is 1.42. The van der Waals surface area contributed by atoms with Crippen LogP contribution >= 0.6 is 11.6 Å². The van der Waals surface area contributed by atoms with Crippen molar-refractivity contribution in [2.45, 2.75) is 51.4 Å². The maximum Gasteiger partial charge on any atom is 0.259 e. The normalized spacial score (nSPS) is 19.3. The van der Waals surface area contributed by atoms with Crippen molar-refractivity contribution >= 4 is 29.1 Å². The third kappa shape index (κ3) is 4.81. The molecule has 1 aliphatic carbocycles. The van der Waals surface area contributed by atoms with E-state index in [-0.39, 0.29) is 17.7 Å². The fourth-order valence-electron chi connectivity index (χ4n) is 4.42. The Labute approximate surface area is 182 Å². The minimum Gasteiger partial charge on any atom is -0.342 e. The number of amides is 2. The summed E-state index contributed by atoms with van der Waals surface area (Å²) in [7, 11) is 0. The predicted octanol–water partition coefficient (Wildman–Crippen LogP) is 4.59. The van der Waals surface area contributed by atoms with Crippen LogP contribution in [0.15, 0.2) is 30.5 Å². The molecule has 0 bridgehead atoms. The van der Waals surface area contributed by atoms with Gasteiger partial charge < -0.3 is 10.2 Å². The van der Waals surface area contributed by atoms with Crippen molar-refractivity contribution in [3.63, 3.8) is 0 Å². The lowest BCUT2D eigenvalue weighted by Gasteiger charge is -2.18. The van der Waals surface area contributed by atoms with E-state index in [1.54, 1.807) is 30.5 Å². The Morgan fingerprint density at radius 3 is 2.60 bits per heavy atom. The molecule has 2 aliphatic rings. The summed E-state index contributed by atoms with van der Waals surface area (Å²) in [5, 5.41) is 3.46. The second kappa shape index (κ2) is 9.13. The quantitative estimate of drug-likeness (QED) is 0.758. The average molecular weight is 427 g/mol. The predicted molar refractivity (Wildman–Crippen MR) is 117 cm³/mol. The summed E-state index contributed by atoms with van der Waals surface area (Å²) in [4.78, 5) is 36.2. The highest BCUT2D eigenvalue weighted by atomic mass is 35.5. The van der Waals surface area contributed by atoms with Gasteiger partial charge in [0, 0.05) is 42.3 Å². The number of hydrogen-bond acceptors (Lipinski definition) is 4. The van der Waals surface area contributed by atoms with Crippen LogP contribution in [0.4, 0.5) is 5.69 Å². The van der Waals surface area contributed by atoms with Crippen molar-refractivity contribution in [1.82, 2.24) is 14.9 Å². The molecule has 1 saturated heterocycles. The van der Waals surface area contributed by atoms with Crippen molar-refractivity contribution in [3.05, 3.63) is 52.6 Å². The molecule has 1 saturated carbocycles.